The van der Waals surface area contributed by atoms with Crippen LogP contribution in [0.25, 0.3) is 11.2 Å². The van der Waals surface area contributed by atoms with E-state index in [1.165, 1.54) is 26.9 Å². The van der Waals surface area contributed by atoms with Gasteiger partial charge in [0.1, 0.15) is 11.8 Å². The maximum Gasteiger partial charge on any atom is 0.257 e. The van der Waals surface area contributed by atoms with Crippen molar-refractivity contribution in [3.8, 4) is 11.5 Å². The summed E-state index contributed by atoms with van der Waals surface area (Å²) in [5, 5.41) is 2.72. The van der Waals surface area contributed by atoms with Crippen LogP contribution in [-0.4, -0.2) is 40.1 Å². The van der Waals surface area contributed by atoms with Crippen LogP contribution >= 0.6 is 0 Å². The number of rotatable bonds is 4. The zero-order valence-corrected chi connectivity index (χ0v) is 12.0. The average Bonchev–Trinajstić information content (AvgIpc) is 3.03. The van der Waals surface area contributed by atoms with Gasteiger partial charge < -0.3 is 19.8 Å². The summed E-state index contributed by atoms with van der Waals surface area (Å²) >= 11 is 0. The molecule has 0 aliphatic carbocycles. The average molecular weight is 299 g/mol. The molecule has 2 N–H and O–H groups in total. The third-order valence-corrected chi connectivity index (χ3v) is 3.10. The normalized spacial score (nSPS) is 10.5. The van der Waals surface area contributed by atoms with Crippen molar-refractivity contribution < 1.29 is 14.3 Å². The number of hydrogen-bond donors (Lipinski definition) is 2. The molecule has 3 rings (SSSR count). The van der Waals surface area contributed by atoms with Crippen LogP contribution < -0.4 is 14.8 Å². The minimum Gasteiger partial charge on any atom is -0.493 e. The van der Waals surface area contributed by atoms with Crippen molar-refractivity contribution in [1.82, 2.24) is 19.9 Å². The van der Waals surface area contributed by atoms with Crippen LogP contribution in [0.1, 0.15) is 10.4 Å². The Bertz CT molecular complexity index is 830. The molecule has 1 amide bonds. The molecule has 112 valence electrons. The van der Waals surface area contributed by atoms with Crippen LogP contribution in [0.2, 0.25) is 0 Å². The van der Waals surface area contributed by atoms with Gasteiger partial charge in [-0.05, 0) is 18.2 Å². The number of imidazole rings is 1. The third-order valence-electron chi connectivity index (χ3n) is 3.10. The van der Waals surface area contributed by atoms with Gasteiger partial charge in [0.15, 0.2) is 23.0 Å². The lowest BCUT2D eigenvalue weighted by atomic mass is 10.2. The fourth-order valence-corrected chi connectivity index (χ4v) is 2.02. The molecule has 0 radical (unpaired) electrons. The van der Waals surface area contributed by atoms with Gasteiger partial charge in [0.25, 0.3) is 5.91 Å². The summed E-state index contributed by atoms with van der Waals surface area (Å²) in [4.78, 5) is 27.3. The molecule has 0 aliphatic rings. The van der Waals surface area contributed by atoms with Gasteiger partial charge in [0.2, 0.25) is 0 Å². The Hall–Kier alpha value is -3.16. The standard InChI is InChI=1S/C14H13N5O3/c1-21-9-4-3-8(5-10(9)22-2)14(20)19-13-11-12(16-6-15-11)17-7-18-13/h3-7H,1-2H3,(H2,15,16,17,18,19,20). The molecule has 22 heavy (non-hydrogen) atoms. The molecule has 0 aliphatic heterocycles. The number of anilines is 1. The van der Waals surface area contributed by atoms with Crippen LogP contribution in [0.3, 0.4) is 0 Å². The van der Waals surface area contributed by atoms with Gasteiger partial charge in [-0.15, -0.1) is 0 Å². The van der Waals surface area contributed by atoms with E-state index in [1.807, 2.05) is 0 Å². The highest BCUT2D eigenvalue weighted by Crippen LogP contribution is 2.28. The van der Waals surface area contributed by atoms with E-state index in [1.54, 1.807) is 18.2 Å². The molecule has 0 unspecified atom stereocenters. The lowest BCUT2D eigenvalue weighted by Crippen LogP contribution is -2.13. The fourth-order valence-electron chi connectivity index (χ4n) is 2.02. The monoisotopic (exact) mass is 299 g/mol. The van der Waals surface area contributed by atoms with Gasteiger partial charge in [-0.1, -0.05) is 0 Å². The first-order chi connectivity index (χ1) is 10.7. The maximum absolute atomic E-state index is 12.3. The number of aromatic nitrogens is 4. The quantitative estimate of drug-likeness (QED) is 0.759. The largest absolute Gasteiger partial charge is 0.493 e. The summed E-state index contributed by atoms with van der Waals surface area (Å²) in [5.74, 6) is 1.07. The number of nitrogens with zero attached hydrogens (tertiary/aromatic N) is 3. The molecule has 0 saturated carbocycles. The van der Waals surface area contributed by atoms with Crippen molar-refractivity contribution in [3.05, 3.63) is 36.4 Å². The third kappa shape index (κ3) is 2.41. The Morgan fingerprint density at radius 2 is 1.95 bits per heavy atom. The first-order valence-corrected chi connectivity index (χ1v) is 6.40. The molecular weight excluding hydrogens is 286 g/mol. The van der Waals surface area contributed by atoms with Gasteiger partial charge >= 0.3 is 0 Å². The summed E-state index contributed by atoms with van der Waals surface area (Å²) in [7, 11) is 3.05. The number of carbonyl (C=O) groups is 1. The molecule has 8 nitrogen and oxygen atoms in total. The topological polar surface area (TPSA) is 102 Å². The predicted molar refractivity (Wildman–Crippen MR) is 79.2 cm³/mol. The van der Waals surface area contributed by atoms with Gasteiger partial charge in [0, 0.05) is 5.56 Å². The maximum atomic E-state index is 12.3. The summed E-state index contributed by atoms with van der Waals surface area (Å²) in [5.41, 5.74) is 1.47. The summed E-state index contributed by atoms with van der Waals surface area (Å²) in [6.45, 7) is 0. The number of H-pyrrole nitrogens is 1. The Labute approximate surface area is 125 Å². The highest BCUT2D eigenvalue weighted by Gasteiger charge is 2.13. The Kier molecular flexibility index (Phi) is 3.57. The zero-order chi connectivity index (χ0) is 15.5. The van der Waals surface area contributed by atoms with Crippen molar-refractivity contribution in [3.63, 3.8) is 0 Å². The number of carbonyl (C=O) groups excluding carboxylic acids is 1. The van der Waals surface area contributed by atoms with E-state index in [9.17, 15) is 4.79 Å². The Morgan fingerprint density at radius 1 is 1.14 bits per heavy atom. The van der Waals surface area contributed by atoms with E-state index < -0.39 is 0 Å². The summed E-state index contributed by atoms with van der Waals surface area (Å²) < 4.78 is 10.3. The molecule has 2 aromatic heterocycles. The van der Waals surface area contributed by atoms with Crippen LogP contribution in [0.4, 0.5) is 5.82 Å². The van der Waals surface area contributed by atoms with Crippen molar-refractivity contribution >= 4 is 22.9 Å². The molecule has 0 bridgehead atoms. The lowest BCUT2D eigenvalue weighted by Gasteiger charge is -2.09. The van der Waals surface area contributed by atoms with Gasteiger partial charge in [-0.25, -0.2) is 15.0 Å². The van der Waals surface area contributed by atoms with Gasteiger partial charge in [-0.2, -0.15) is 0 Å². The van der Waals surface area contributed by atoms with Crippen LogP contribution in [0, 0.1) is 0 Å². The van der Waals surface area contributed by atoms with E-state index in [0.29, 0.717) is 34.0 Å². The first kappa shape index (κ1) is 13.8. The SMILES string of the molecule is COc1ccc(C(=O)Nc2ncnc3nc[nH]c23)cc1OC. The number of hydrogen-bond acceptors (Lipinski definition) is 6. The van der Waals surface area contributed by atoms with Crippen molar-refractivity contribution in [2.45, 2.75) is 0 Å². The molecule has 2 heterocycles. The number of aromatic amines is 1. The molecule has 0 saturated heterocycles. The van der Waals surface area contributed by atoms with Crippen LogP contribution in [0.15, 0.2) is 30.9 Å². The molecular formula is C14H13N5O3. The van der Waals surface area contributed by atoms with Gasteiger partial charge in [0.05, 0.1) is 20.5 Å². The highest BCUT2D eigenvalue weighted by molar-refractivity contribution is 6.06. The second-order valence-electron chi connectivity index (χ2n) is 4.35. The number of benzene rings is 1. The number of fused-ring (bicyclic) bond motifs is 1. The number of methoxy groups -OCH3 is 2. The lowest BCUT2D eigenvalue weighted by molar-refractivity contribution is 0.102. The second kappa shape index (κ2) is 5.68. The summed E-state index contributed by atoms with van der Waals surface area (Å²) in [6, 6.07) is 4.90. The van der Waals surface area contributed by atoms with Crippen molar-refractivity contribution in [2.24, 2.45) is 0 Å². The van der Waals surface area contributed by atoms with E-state index in [-0.39, 0.29) is 5.91 Å². The van der Waals surface area contributed by atoms with E-state index >= 15 is 0 Å². The molecule has 0 spiro atoms. The van der Waals surface area contributed by atoms with Crippen molar-refractivity contribution in [2.75, 3.05) is 19.5 Å². The zero-order valence-electron chi connectivity index (χ0n) is 12.0. The Morgan fingerprint density at radius 3 is 2.73 bits per heavy atom. The smallest absolute Gasteiger partial charge is 0.257 e. The predicted octanol–water partition coefficient (Wildman–Crippen LogP) is 1.62. The molecule has 1 aromatic carbocycles. The number of amides is 1. The van der Waals surface area contributed by atoms with E-state index in [0.717, 1.165) is 0 Å². The molecule has 0 fully saturated rings. The minimum atomic E-state index is -0.324. The van der Waals surface area contributed by atoms with Crippen molar-refractivity contribution in [1.29, 1.82) is 0 Å². The first-order valence-electron chi connectivity index (χ1n) is 6.40. The highest BCUT2D eigenvalue weighted by atomic mass is 16.5. The molecule has 8 heteroatoms. The van der Waals surface area contributed by atoms with Crippen LogP contribution in [-0.2, 0) is 0 Å². The summed E-state index contributed by atoms with van der Waals surface area (Å²) in [6.07, 6.45) is 2.83. The molecule has 0 atom stereocenters. The fraction of sp³-hybridized carbons (Fsp3) is 0.143. The number of nitrogens with one attached hydrogen (secondary N) is 2. The minimum absolute atomic E-state index is 0.324. The van der Waals surface area contributed by atoms with Crippen LogP contribution in [0.5, 0.6) is 11.5 Å². The van der Waals surface area contributed by atoms with Gasteiger partial charge in [-0.3, -0.25) is 4.79 Å². The molecule has 3 aromatic rings. The second-order valence-corrected chi connectivity index (χ2v) is 4.35. The van der Waals surface area contributed by atoms with E-state index in [4.69, 9.17) is 9.47 Å². The number of ether oxygens (including phenoxy) is 2. The van der Waals surface area contributed by atoms with E-state index in [2.05, 4.69) is 25.3 Å². The Balaban J connectivity index is 1.90.